The molecule has 0 unspecified atom stereocenters. The predicted octanol–water partition coefficient (Wildman–Crippen LogP) is 4.61. The maximum Gasteiger partial charge on any atom is 0.316 e. The minimum absolute atomic E-state index is 0.0687. The molecular formula is C22H24N4O2S. The highest BCUT2D eigenvalue weighted by atomic mass is 32.2. The van der Waals surface area contributed by atoms with Crippen LogP contribution < -0.4 is 0 Å². The third-order valence-corrected chi connectivity index (χ3v) is 5.94. The van der Waals surface area contributed by atoms with Gasteiger partial charge in [-0.15, -0.1) is 10.2 Å². The molecule has 4 rings (SSSR count). The zero-order chi connectivity index (χ0) is 20.1. The summed E-state index contributed by atoms with van der Waals surface area (Å²) in [7, 11) is 0. The van der Waals surface area contributed by atoms with E-state index in [4.69, 9.17) is 4.74 Å². The number of aromatic nitrogens is 4. The molecule has 0 atom stereocenters. The van der Waals surface area contributed by atoms with Crippen molar-refractivity contribution in [3.05, 3.63) is 54.4 Å². The predicted molar refractivity (Wildman–Crippen MR) is 113 cm³/mol. The van der Waals surface area contributed by atoms with Crippen molar-refractivity contribution < 1.29 is 9.53 Å². The molecule has 0 N–H and O–H groups in total. The first-order valence-electron chi connectivity index (χ1n) is 9.96. The molecule has 1 saturated carbocycles. The number of hydrogen-bond donors (Lipinski definition) is 0. The molecule has 0 amide bonds. The lowest BCUT2D eigenvalue weighted by Crippen LogP contribution is -2.22. The smallest absolute Gasteiger partial charge is 0.316 e. The van der Waals surface area contributed by atoms with Crippen molar-refractivity contribution in [2.24, 2.45) is 0 Å². The van der Waals surface area contributed by atoms with Gasteiger partial charge in [-0.3, -0.25) is 14.3 Å². The van der Waals surface area contributed by atoms with E-state index in [1.807, 2.05) is 28.8 Å². The van der Waals surface area contributed by atoms with Gasteiger partial charge in [0.25, 0.3) is 0 Å². The van der Waals surface area contributed by atoms with Gasteiger partial charge in [0.15, 0.2) is 11.0 Å². The Balaban J connectivity index is 1.55. The first-order chi connectivity index (χ1) is 14.2. The number of rotatable bonds is 6. The van der Waals surface area contributed by atoms with Gasteiger partial charge in [0, 0.05) is 23.6 Å². The summed E-state index contributed by atoms with van der Waals surface area (Å²) < 4.78 is 7.62. The van der Waals surface area contributed by atoms with Gasteiger partial charge in [0.05, 0.1) is 5.75 Å². The van der Waals surface area contributed by atoms with E-state index >= 15 is 0 Å². The summed E-state index contributed by atoms with van der Waals surface area (Å²) in [4.78, 5) is 16.4. The average molecular weight is 409 g/mol. The van der Waals surface area contributed by atoms with Crippen LogP contribution in [0.3, 0.4) is 0 Å². The molecule has 1 aromatic carbocycles. The van der Waals surface area contributed by atoms with Gasteiger partial charge in [-0.25, -0.2) is 0 Å². The first kappa shape index (κ1) is 19.6. The van der Waals surface area contributed by atoms with Crippen molar-refractivity contribution in [3.63, 3.8) is 0 Å². The summed E-state index contributed by atoms with van der Waals surface area (Å²) in [5.41, 5.74) is 3.05. The zero-order valence-electron chi connectivity index (χ0n) is 16.5. The van der Waals surface area contributed by atoms with Crippen LogP contribution >= 0.6 is 11.8 Å². The van der Waals surface area contributed by atoms with Gasteiger partial charge in [0.2, 0.25) is 0 Å². The van der Waals surface area contributed by atoms with Crippen molar-refractivity contribution in [2.45, 2.75) is 50.3 Å². The molecule has 29 heavy (non-hydrogen) atoms. The second-order valence-electron chi connectivity index (χ2n) is 7.25. The number of pyridine rings is 1. The Bertz CT molecular complexity index is 951. The van der Waals surface area contributed by atoms with Gasteiger partial charge in [-0.1, -0.05) is 35.9 Å². The monoisotopic (exact) mass is 408 g/mol. The molecule has 0 spiro atoms. The molecular weight excluding hydrogens is 384 g/mol. The van der Waals surface area contributed by atoms with Crippen LogP contribution in [-0.4, -0.2) is 37.6 Å². The fourth-order valence-corrected chi connectivity index (χ4v) is 4.24. The van der Waals surface area contributed by atoms with Crippen molar-refractivity contribution in [2.75, 3.05) is 5.75 Å². The number of benzene rings is 1. The van der Waals surface area contributed by atoms with Crippen LogP contribution in [-0.2, 0) is 9.53 Å². The highest BCUT2D eigenvalue weighted by molar-refractivity contribution is 7.99. The highest BCUT2D eigenvalue weighted by Gasteiger charge is 2.20. The standard InChI is InChI=1S/C22H24N4O2S/c1-16-7-9-18(10-8-16)26-21(17-11-13-23-14-12-17)24-25-22(26)29-15-20(27)28-19-5-3-2-4-6-19/h7-14,19H,2-6,15H2,1H3. The maximum atomic E-state index is 12.3. The van der Waals surface area contributed by atoms with Crippen LogP contribution in [0.5, 0.6) is 0 Å². The molecule has 2 aromatic heterocycles. The van der Waals surface area contributed by atoms with Crippen molar-refractivity contribution >= 4 is 17.7 Å². The molecule has 0 radical (unpaired) electrons. The number of ether oxygens (including phenoxy) is 1. The molecule has 2 heterocycles. The summed E-state index contributed by atoms with van der Waals surface area (Å²) in [6.45, 7) is 2.05. The second-order valence-corrected chi connectivity index (χ2v) is 8.19. The van der Waals surface area contributed by atoms with E-state index in [9.17, 15) is 4.79 Å². The Kier molecular flexibility index (Phi) is 6.24. The zero-order valence-corrected chi connectivity index (χ0v) is 17.3. The van der Waals surface area contributed by atoms with Crippen molar-refractivity contribution in [3.8, 4) is 17.1 Å². The lowest BCUT2D eigenvalue weighted by molar-refractivity contribution is -0.147. The molecule has 150 valence electrons. The molecule has 0 bridgehead atoms. The molecule has 0 aliphatic heterocycles. The number of esters is 1. The van der Waals surface area contributed by atoms with Gasteiger partial charge in [0.1, 0.15) is 6.10 Å². The largest absolute Gasteiger partial charge is 0.462 e. The minimum Gasteiger partial charge on any atom is -0.462 e. The Morgan fingerprint density at radius 3 is 2.52 bits per heavy atom. The van der Waals surface area contributed by atoms with E-state index in [0.29, 0.717) is 5.16 Å². The summed E-state index contributed by atoms with van der Waals surface area (Å²) in [5.74, 6) is 0.752. The van der Waals surface area contributed by atoms with Crippen molar-refractivity contribution in [1.29, 1.82) is 0 Å². The molecule has 7 heteroatoms. The summed E-state index contributed by atoms with van der Waals surface area (Å²) in [6, 6.07) is 12.0. The third-order valence-electron chi connectivity index (χ3n) is 5.03. The molecule has 0 saturated heterocycles. The average Bonchev–Trinajstić information content (AvgIpc) is 3.18. The molecule has 6 nitrogen and oxygen atoms in total. The Labute approximate surface area is 174 Å². The van der Waals surface area contributed by atoms with E-state index in [-0.39, 0.29) is 17.8 Å². The summed E-state index contributed by atoms with van der Waals surface area (Å²) in [6.07, 6.45) is 9.00. The van der Waals surface area contributed by atoms with Crippen LogP contribution in [0.25, 0.3) is 17.1 Å². The highest BCUT2D eigenvalue weighted by Crippen LogP contribution is 2.28. The minimum atomic E-state index is -0.189. The van der Waals surface area contributed by atoms with Gasteiger partial charge < -0.3 is 4.74 Å². The fourth-order valence-electron chi connectivity index (χ4n) is 3.50. The fraction of sp³-hybridized carbons (Fsp3) is 0.364. The number of nitrogens with zero attached hydrogens (tertiary/aromatic N) is 4. The van der Waals surface area contributed by atoms with E-state index in [1.54, 1.807) is 12.4 Å². The van der Waals surface area contributed by atoms with Crippen molar-refractivity contribution in [1.82, 2.24) is 19.7 Å². The third kappa shape index (κ3) is 4.85. The van der Waals surface area contributed by atoms with Crippen LogP contribution in [0, 0.1) is 6.92 Å². The van der Waals surface area contributed by atoms with E-state index < -0.39 is 0 Å². The van der Waals surface area contributed by atoms with Crippen LogP contribution in [0.2, 0.25) is 0 Å². The van der Waals surface area contributed by atoms with Gasteiger partial charge in [-0.05, 0) is 56.9 Å². The lowest BCUT2D eigenvalue weighted by atomic mass is 9.98. The lowest BCUT2D eigenvalue weighted by Gasteiger charge is -2.21. The SMILES string of the molecule is Cc1ccc(-n2c(SCC(=O)OC3CCCCC3)nnc2-c2ccncc2)cc1. The normalized spacial score (nSPS) is 14.7. The second kappa shape index (κ2) is 9.22. The first-order valence-corrected chi connectivity index (χ1v) is 10.9. The van der Waals surface area contributed by atoms with Crippen LogP contribution in [0.1, 0.15) is 37.7 Å². The quantitative estimate of drug-likeness (QED) is 0.438. The molecule has 1 fully saturated rings. The molecule has 1 aliphatic carbocycles. The van der Waals surface area contributed by atoms with E-state index in [2.05, 4.69) is 34.2 Å². The van der Waals surface area contributed by atoms with E-state index in [1.165, 1.54) is 23.7 Å². The summed E-state index contributed by atoms with van der Waals surface area (Å²) in [5, 5.41) is 9.42. The van der Waals surface area contributed by atoms with Crippen LogP contribution in [0.15, 0.2) is 53.9 Å². The maximum absolute atomic E-state index is 12.3. The Hall–Kier alpha value is -2.67. The Morgan fingerprint density at radius 2 is 1.79 bits per heavy atom. The topological polar surface area (TPSA) is 69.9 Å². The van der Waals surface area contributed by atoms with Gasteiger partial charge >= 0.3 is 5.97 Å². The van der Waals surface area contributed by atoms with E-state index in [0.717, 1.165) is 42.8 Å². The van der Waals surface area contributed by atoms with Crippen LogP contribution in [0.4, 0.5) is 0 Å². The number of thioether (sulfide) groups is 1. The number of aryl methyl sites for hydroxylation is 1. The number of hydrogen-bond acceptors (Lipinski definition) is 6. The number of carbonyl (C=O) groups is 1. The molecule has 3 aromatic rings. The summed E-state index contributed by atoms with van der Waals surface area (Å²) >= 11 is 1.36. The molecule has 1 aliphatic rings. The number of carbonyl (C=O) groups excluding carboxylic acids is 1. The van der Waals surface area contributed by atoms with Gasteiger partial charge in [-0.2, -0.15) is 0 Å². The Morgan fingerprint density at radius 1 is 1.07 bits per heavy atom.